The van der Waals surface area contributed by atoms with E-state index in [1.165, 1.54) is 22.4 Å². The van der Waals surface area contributed by atoms with Crippen LogP contribution in [0, 0.1) is 0 Å². The van der Waals surface area contributed by atoms with Gasteiger partial charge in [-0.3, -0.25) is 0 Å². The van der Waals surface area contributed by atoms with E-state index in [2.05, 4.69) is 32.8 Å². The average molecular weight is 371 g/mol. The Morgan fingerprint density at radius 1 is 1.04 bits per heavy atom. The molecule has 2 N–H and O–H groups in total. The molecule has 1 aromatic carbocycles. The molecule has 0 radical (unpaired) electrons. The lowest BCUT2D eigenvalue weighted by atomic mass is 9.85. The van der Waals surface area contributed by atoms with Crippen molar-refractivity contribution in [3.8, 4) is 0 Å². The van der Waals surface area contributed by atoms with Crippen LogP contribution in [-0.4, -0.2) is 21.7 Å². The molecular weight excluding hydrogens is 355 g/mol. The third kappa shape index (κ3) is 2.48. The second kappa shape index (κ2) is 5.84. The van der Waals surface area contributed by atoms with Gasteiger partial charge in [0, 0.05) is 40.6 Å². The Labute approximate surface area is 155 Å². The molecule has 1 aliphatic carbocycles. The Morgan fingerprint density at radius 3 is 2.68 bits per heavy atom. The van der Waals surface area contributed by atoms with Crippen LogP contribution >= 0.6 is 23.2 Å². The summed E-state index contributed by atoms with van der Waals surface area (Å²) in [6.45, 7) is 0.796. The summed E-state index contributed by atoms with van der Waals surface area (Å²) in [5.41, 5.74) is 7.34. The fourth-order valence-electron chi connectivity index (χ4n) is 4.16. The maximum absolute atomic E-state index is 6.23. The molecule has 25 heavy (non-hydrogen) atoms. The zero-order valence-corrected chi connectivity index (χ0v) is 14.9. The Bertz CT molecular complexity index is 946. The molecule has 0 saturated heterocycles. The van der Waals surface area contributed by atoms with Crippen LogP contribution in [0.15, 0.2) is 36.7 Å². The van der Waals surface area contributed by atoms with Crippen molar-refractivity contribution in [3.05, 3.63) is 80.3 Å². The molecule has 2 atom stereocenters. The monoisotopic (exact) mass is 370 g/mol. The van der Waals surface area contributed by atoms with Crippen LogP contribution in [0.3, 0.4) is 0 Å². The van der Waals surface area contributed by atoms with E-state index in [4.69, 9.17) is 23.2 Å². The van der Waals surface area contributed by atoms with E-state index in [-0.39, 0.29) is 12.0 Å². The molecule has 0 spiro atoms. The molecule has 0 amide bonds. The molecule has 2 aromatic heterocycles. The van der Waals surface area contributed by atoms with Crippen molar-refractivity contribution in [1.82, 2.24) is 20.5 Å². The number of halogens is 2. The van der Waals surface area contributed by atoms with Gasteiger partial charge in [-0.15, -0.1) is 0 Å². The molecule has 6 heteroatoms. The van der Waals surface area contributed by atoms with Crippen LogP contribution < -0.4 is 5.32 Å². The number of fused-ring (bicyclic) bond motifs is 2. The Balaban J connectivity index is 1.65. The Hall–Kier alpha value is -1.88. The molecule has 0 fully saturated rings. The lowest BCUT2D eigenvalue weighted by Crippen LogP contribution is -2.35. The zero-order chi connectivity index (χ0) is 17.0. The van der Waals surface area contributed by atoms with Gasteiger partial charge in [-0.05, 0) is 59.4 Å². The first kappa shape index (κ1) is 15.4. The van der Waals surface area contributed by atoms with Gasteiger partial charge >= 0.3 is 0 Å². The minimum atomic E-state index is 0.0911. The molecule has 126 valence electrons. The second-order valence-corrected chi connectivity index (χ2v) is 7.55. The summed E-state index contributed by atoms with van der Waals surface area (Å²) in [6, 6.07) is 7.94. The van der Waals surface area contributed by atoms with Gasteiger partial charge in [-0.2, -0.15) is 10.2 Å². The van der Waals surface area contributed by atoms with Gasteiger partial charge in [0.05, 0.1) is 11.7 Å². The van der Waals surface area contributed by atoms with E-state index in [0.29, 0.717) is 10.0 Å². The fraction of sp³-hybridized carbons (Fsp3) is 0.263. The quantitative estimate of drug-likeness (QED) is 0.679. The number of nitrogens with zero attached hydrogens (tertiary/aromatic N) is 2. The highest BCUT2D eigenvalue weighted by molar-refractivity contribution is 6.34. The minimum absolute atomic E-state index is 0.0911. The maximum atomic E-state index is 6.23. The van der Waals surface area contributed by atoms with Crippen molar-refractivity contribution in [2.45, 2.75) is 24.8 Å². The molecule has 0 saturated carbocycles. The molecule has 0 bridgehead atoms. The summed E-state index contributed by atoms with van der Waals surface area (Å²) in [4.78, 5) is 3.52. The highest BCUT2D eigenvalue weighted by atomic mass is 35.5. The molecule has 4 nitrogen and oxygen atoms in total. The van der Waals surface area contributed by atoms with Crippen molar-refractivity contribution in [1.29, 1.82) is 0 Å². The summed E-state index contributed by atoms with van der Waals surface area (Å²) < 4.78 is 0. The summed E-state index contributed by atoms with van der Waals surface area (Å²) in [7, 11) is 0. The third-order valence-electron chi connectivity index (χ3n) is 5.26. The summed E-state index contributed by atoms with van der Waals surface area (Å²) in [5, 5.41) is 13.6. The van der Waals surface area contributed by atoms with Gasteiger partial charge in [-0.25, -0.2) is 0 Å². The first-order valence-electron chi connectivity index (χ1n) is 8.40. The first-order chi connectivity index (χ1) is 12.2. The number of aromatic nitrogens is 3. The number of aromatic amines is 1. The predicted molar refractivity (Wildman–Crippen MR) is 98.4 cm³/mol. The van der Waals surface area contributed by atoms with Crippen molar-refractivity contribution in [2.24, 2.45) is 0 Å². The predicted octanol–water partition coefficient (Wildman–Crippen LogP) is 4.03. The standard InChI is InChI=1S/C19H16Cl2N4/c20-13-5-12(6-14(21)7-13)15-9-23-19-16-11(8-22-18(15)16)2-1-10-3-4-24-25-17(10)19/h3-8,15,19,22-23H,1-2,9H2. The largest absolute Gasteiger partial charge is 0.364 e. The van der Waals surface area contributed by atoms with Crippen LogP contribution in [0.25, 0.3) is 0 Å². The number of benzene rings is 1. The van der Waals surface area contributed by atoms with Gasteiger partial charge < -0.3 is 10.3 Å². The van der Waals surface area contributed by atoms with Crippen molar-refractivity contribution < 1.29 is 0 Å². The normalized spacial score (nSPS) is 21.4. The lowest BCUT2D eigenvalue weighted by Gasteiger charge is -2.31. The molecule has 5 rings (SSSR count). The van der Waals surface area contributed by atoms with Crippen molar-refractivity contribution in [2.75, 3.05) is 6.54 Å². The molecule has 1 aliphatic heterocycles. The fourth-order valence-corrected chi connectivity index (χ4v) is 4.70. The Morgan fingerprint density at radius 2 is 1.84 bits per heavy atom. The molecule has 3 aromatic rings. The van der Waals surface area contributed by atoms with Gasteiger partial charge in [-0.1, -0.05) is 23.2 Å². The summed E-state index contributed by atoms with van der Waals surface area (Å²) in [5.74, 6) is 0.189. The SMILES string of the molecule is Clc1cc(Cl)cc(C2CNC3c4nnccc4CCc4c[nH]c2c43)c1. The van der Waals surface area contributed by atoms with Crippen LogP contribution in [-0.2, 0) is 12.8 Å². The number of rotatable bonds is 1. The average Bonchev–Trinajstić information content (AvgIpc) is 2.95. The van der Waals surface area contributed by atoms with Gasteiger partial charge in [0.25, 0.3) is 0 Å². The zero-order valence-electron chi connectivity index (χ0n) is 13.4. The topological polar surface area (TPSA) is 53.6 Å². The minimum Gasteiger partial charge on any atom is -0.364 e. The van der Waals surface area contributed by atoms with E-state index >= 15 is 0 Å². The van der Waals surface area contributed by atoms with E-state index < -0.39 is 0 Å². The van der Waals surface area contributed by atoms with E-state index in [9.17, 15) is 0 Å². The smallest absolute Gasteiger partial charge is 0.0878 e. The molecule has 2 aliphatic rings. The molecule has 2 unspecified atom stereocenters. The third-order valence-corrected chi connectivity index (χ3v) is 5.70. The summed E-state index contributed by atoms with van der Waals surface area (Å²) in [6.07, 6.45) is 5.91. The first-order valence-corrected chi connectivity index (χ1v) is 9.16. The maximum Gasteiger partial charge on any atom is 0.0878 e. The van der Waals surface area contributed by atoms with Gasteiger partial charge in [0.1, 0.15) is 0 Å². The van der Waals surface area contributed by atoms with Crippen molar-refractivity contribution in [3.63, 3.8) is 0 Å². The number of aryl methyl sites for hydroxylation is 2. The van der Waals surface area contributed by atoms with Gasteiger partial charge in [0.2, 0.25) is 0 Å². The van der Waals surface area contributed by atoms with Crippen LogP contribution in [0.4, 0.5) is 0 Å². The Kier molecular flexibility index (Phi) is 3.59. The van der Waals surface area contributed by atoms with E-state index in [1.807, 2.05) is 12.1 Å². The number of H-pyrrole nitrogens is 1. The van der Waals surface area contributed by atoms with E-state index in [0.717, 1.165) is 30.6 Å². The van der Waals surface area contributed by atoms with E-state index in [1.54, 1.807) is 12.3 Å². The number of hydrogen-bond acceptors (Lipinski definition) is 3. The van der Waals surface area contributed by atoms with Crippen LogP contribution in [0.5, 0.6) is 0 Å². The van der Waals surface area contributed by atoms with Crippen molar-refractivity contribution >= 4 is 23.2 Å². The highest BCUT2D eigenvalue weighted by Gasteiger charge is 2.35. The lowest BCUT2D eigenvalue weighted by molar-refractivity contribution is 0.512. The second-order valence-electron chi connectivity index (χ2n) is 6.68. The molecular formula is C19H16Cl2N4. The number of hydrogen-bond donors (Lipinski definition) is 2. The molecule has 3 heterocycles. The van der Waals surface area contributed by atoms with Crippen LogP contribution in [0.2, 0.25) is 10.0 Å². The number of nitrogens with one attached hydrogen (secondary N) is 2. The summed E-state index contributed by atoms with van der Waals surface area (Å²) >= 11 is 12.5. The van der Waals surface area contributed by atoms with Crippen LogP contribution in [0.1, 0.15) is 45.6 Å². The van der Waals surface area contributed by atoms with Gasteiger partial charge in [0.15, 0.2) is 0 Å². The highest BCUT2D eigenvalue weighted by Crippen LogP contribution is 2.41.